The number of thioether (sulfide) groups is 1. The Hall–Kier alpha value is -1.95. The van der Waals surface area contributed by atoms with E-state index in [1.54, 1.807) is 35.4 Å². The number of phenols is 1. The number of amides is 1. The first-order chi connectivity index (χ1) is 8.65. The summed E-state index contributed by atoms with van der Waals surface area (Å²) in [4.78, 5) is 13.4. The summed E-state index contributed by atoms with van der Waals surface area (Å²) in [5, 5.41) is 14.0. The number of nitrogens with one attached hydrogen (secondary N) is 1. The number of nitrogens with zero attached hydrogens (tertiary/aromatic N) is 2. The van der Waals surface area contributed by atoms with Gasteiger partial charge in [-0.15, -0.1) is 5.10 Å². The van der Waals surface area contributed by atoms with Crippen LogP contribution in [-0.4, -0.2) is 26.3 Å². The van der Waals surface area contributed by atoms with Gasteiger partial charge in [0.1, 0.15) is 5.75 Å². The minimum absolute atomic E-state index is 0.0385. The molecule has 1 aromatic carbocycles. The maximum absolute atomic E-state index is 11.9. The molecule has 6 heteroatoms. The van der Waals surface area contributed by atoms with Crippen molar-refractivity contribution < 1.29 is 9.90 Å². The highest BCUT2D eigenvalue weighted by atomic mass is 32.2. The molecule has 2 aliphatic rings. The smallest absolute Gasteiger partial charge is 0.246 e. The topological polar surface area (TPSA) is 64.9 Å². The third-order valence-corrected chi connectivity index (χ3v) is 3.84. The summed E-state index contributed by atoms with van der Waals surface area (Å²) in [6, 6.07) is 6.73. The zero-order chi connectivity index (χ0) is 12.7. The molecule has 5 nitrogen and oxygen atoms in total. The Bertz CT molecular complexity index is 565. The van der Waals surface area contributed by atoms with Crippen molar-refractivity contribution >= 4 is 28.5 Å². The van der Waals surface area contributed by atoms with Crippen molar-refractivity contribution in [3.63, 3.8) is 0 Å². The second-order valence-electron chi connectivity index (χ2n) is 4.06. The first kappa shape index (κ1) is 11.2. The van der Waals surface area contributed by atoms with E-state index in [4.69, 9.17) is 0 Å². The van der Waals surface area contributed by atoms with E-state index in [1.165, 1.54) is 11.8 Å². The molecule has 1 aromatic rings. The quantitative estimate of drug-likeness (QED) is 0.804. The van der Waals surface area contributed by atoms with E-state index in [1.807, 2.05) is 6.92 Å². The number of hydrazone groups is 1. The number of carbonyl (C=O) groups is 1. The third kappa shape index (κ3) is 1.74. The predicted octanol–water partition coefficient (Wildman–Crippen LogP) is 1.53. The Morgan fingerprint density at radius 1 is 1.39 bits per heavy atom. The average molecular weight is 261 g/mol. The molecular weight excluding hydrogens is 250 g/mol. The van der Waals surface area contributed by atoms with Gasteiger partial charge in [-0.3, -0.25) is 15.1 Å². The van der Waals surface area contributed by atoms with E-state index < -0.39 is 0 Å². The lowest BCUT2D eigenvalue weighted by atomic mass is 10.1. The molecule has 0 bridgehead atoms. The zero-order valence-corrected chi connectivity index (χ0v) is 10.4. The van der Waals surface area contributed by atoms with Crippen molar-refractivity contribution in [2.75, 3.05) is 0 Å². The lowest BCUT2D eigenvalue weighted by Gasteiger charge is -2.19. The van der Waals surface area contributed by atoms with Crippen LogP contribution in [-0.2, 0) is 4.79 Å². The van der Waals surface area contributed by atoms with Crippen LogP contribution >= 0.6 is 11.8 Å². The van der Waals surface area contributed by atoms with E-state index in [9.17, 15) is 9.90 Å². The Kier molecular flexibility index (Phi) is 2.52. The summed E-state index contributed by atoms with van der Waals surface area (Å²) < 4.78 is 0. The van der Waals surface area contributed by atoms with Crippen molar-refractivity contribution in [1.82, 2.24) is 10.3 Å². The molecule has 0 saturated carbocycles. The third-order valence-electron chi connectivity index (χ3n) is 2.78. The lowest BCUT2D eigenvalue weighted by Crippen LogP contribution is -2.31. The van der Waals surface area contributed by atoms with E-state index in [0.717, 1.165) is 11.3 Å². The number of fused-ring (bicyclic) bond motifs is 1. The van der Waals surface area contributed by atoms with E-state index in [-0.39, 0.29) is 16.9 Å². The molecule has 1 unspecified atom stereocenters. The summed E-state index contributed by atoms with van der Waals surface area (Å²) in [7, 11) is 0. The summed E-state index contributed by atoms with van der Waals surface area (Å²) >= 11 is 1.44. The van der Waals surface area contributed by atoms with Gasteiger partial charge in [0.05, 0.1) is 10.9 Å². The van der Waals surface area contributed by atoms with Crippen LogP contribution in [0.4, 0.5) is 0 Å². The summed E-state index contributed by atoms with van der Waals surface area (Å²) in [5.74, 6) is 0.248. The van der Waals surface area contributed by atoms with Gasteiger partial charge in [-0.25, -0.2) is 0 Å². The largest absolute Gasteiger partial charge is 0.508 e. The molecule has 0 aliphatic carbocycles. The van der Waals surface area contributed by atoms with Crippen LogP contribution in [0, 0.1) is 0 Å². The zero-order valence-electron chi connectivity index (χ0n) is 9.62. The highest BCUT2D eigenvalue weighted by molar-refractivity contribution is 8.15. The maximum atomic E-state index is 11.9. The molecule has 92 valence electrons. The van der Waals surface area contributed by atoms with E-state index in [0.29, 0.717) is 5.17 Å². The van der Waals surface area contributed by atoms with Gasteiger partial charge in [0, 0.05) is 11.8 Å². The van der Waals surface area contributed by atoms with E-state index >= 15 is 0 Å². The van der Waals surface area contributed by atoms with Crippen molar-refractivity contribution in [1.29, 1.82) is 0 Å². The van der Waals surface area contributed by atoms with Crippen LogP contribution in [0.2, 0.25) is 0 Å². The van der Waals surface area contributed by atoms with Crippen LogP contribution in [0.3, 0.4) is 0 Å². The molecule has 1 atom stereocenters. The highest BCUT2D eigenvalue weighted by Gasteiger charge is 2.36. The summed E-state index contributed by atoms with van der Waals surface area (Å²) in [6.45, 7) is 1.86. The highest BCUT2D eigenvalue weighted by Crippen LogP contribution is 2.30. The predicted molar refractivity (Wildman–Crippen MR) is 70.6 cm³/mol. The molecule has 2 aliphatic heterocycles. The lowest BCUT2D eigenvalue weighted by molar-refractivity contribution is -0.124. The Morgan fingerprint density at radius 2 is 2.11 bits per heavy atom. The van der Waals surface area contributed by atoms with Gasteiger partial charge in [-0.1, -0.05) is 11.8 Å². The summed E-state index contributed by atoms with van der Waals surface area (Å²) in [5.41, 5.74) is 4.53. The molecule has 0 radical (unpaired) electrons. The molecule has 0 spiro atoms. The molecule has 1 amide bonds. The van der Waals surface area contributed by atoms with Crippen LogP contribution in [0.5, 0.6) is 5.75 Å². The van der Waals surface area contributed by atoms with Gasteiger partial charge in [0.2, 0.25) is 5.91 Å². The monoisotopic (exact) mass is 261 g/mol. The molecule has 0 aromatic heterocycles. The molecule has 1 saturated heterocycles. The van der Waals surface area contributed by atoms with Crippen LogP contribution in [0.1, 0.15) is 12.5 Å². The van der Waals surface area contributed by atoms with Gasteiger partial charge in [-0.05, 0) is 31.2 Å². The molecule has 2 N–H and O–H groups in total. The number of hydrogen-bond donors (Lipinski definition) is 2. The first-order valence-corrected chi connectivity index (χ1v) is 6.38. The average Bonchev–Trinajstić information content (AvgIpc) is 2.66. The van der Waals surface area contributed by atoms with Crippen LogP contribution < -0.4 is 5.43 Å². The van der Waals surface area contributed by atoms with Crippen molar-refractivity contribution in [2.45, 2.75) is 12.2 Å². The van der Waals surface area contributed by atoms with Gasteiger partial charge >= 0.3 is 0 Å². The van der Waals surface area contributed by atoms with Gasteiger partial charge < -0.3 is 5.11 Å². The summed E-state index contributed by atoms with van der Waals surface area (Å²) in [6.07, 6.45) is 1.74. The second kappa shape index (κ2) is 4.06. The molecule has 1 fully saturated rings. The Labute approximate surface area is 108 Å². The number of phenolic OH excluding ortho intramolecular Hbond substituents is 1. The molecular formula is C12H11N3O2S. The standard InChI is InChI=1S/C12H11N3O2S/c1-7-11(17)15-6-10(13-14-12(15)18-7)8-2-4-9(16)5-3-8/h2-7,13,16H,1H3. The molecule has 3 rings (SSSR count). The van der Waals surface area contributed by atoms with Crippen molar-refractivity contribution in [3.8, 4) is 5.75 Å². The number of benzene rings is 1. The second-order valence-corrected chi connectivity index (χ2v) is 5.37. The number of hydrogen-bond acceptors (Lipinski definition) is 5. The first-order valence-electron chi connectivity index (χ1n) is 5.50. The number of aromatic hydroxyl groups is 1. The fourth-order valence-electron chi connectivity index (χ4n) is 1.80. The van der Waals surface area contributed by atoms with Crippen molar-refractivity contribution in [2.24, 2.45) is 5.10 Å². The normalized spacial score (nSPS) is 22.2. The fourth-order valence-corrected chi connectivity index (χ4v) is 2.69. The molecule has 18 heavy (non-hydrogen) atoms. The molecule has 2 heterocycles. The van der Waals surface area contributed by atoms with Gasteiger partial charge in [-0.2, -0.15) is 0 Å². The van der Waals surface area contributed by atoms with Crippen LogP contribution in [0.25, 0.3) is 5.70 Å². The van der Waals surface area contributed by atoms with Crippen LogP contribution in [0.15, 0.2) is 35.6 Å². The van der Waals surface area contributed by atoms with Crippen molar-refractivity contribution in [3.05, 3.63) is 36.0 Å². The number of carbonyl (C=O) groups excluding carboxylic acids is 1. The van der Waals surface area contributed by atoms with E-state index in [2.05, 4.69) is 10.5 Å². The fraction of sp³-hybridized carbons (Fsp3) is 0.167. The minimum atomic E-state index is -0.0963. The Balaban J connectivity index is 1.93. The van der Waals surface area contributed by atoms with Gasteiger partial charge in [0.25, 0.3) is 0 Å². The van der Waals surface area contributed by atoms with Gasteiger partial charge in [0.15, 0.2) is 5.17 Å². The number of rotatable bonds is 1. The number of amidine groups is 1. The SMILES string of the molecule is CC1SC2=NNC(c3ccc(O)cc3)=CN2C1=O. The minimum Gasteiger partial charge on any atom is -0.508 e. The maximum Gasteiger partial charge on any atom is 0.246 e. The Morgan fingerprint density at radius 3 is 2.83 bits per heavy atom.